The Morgan fingerprint density at radius 2 is 1.94 bits per heavy atom. The lowest BCUT2D eigenvalue weighted by molar-refractivity contribution is 0.588. The van der Waals surface area contributed by atoms with Gasteiger partial charge in [-0.15, -0.1) is 0 Å². The molecule has 0 aliphatic carbocycles. The molecule has 0 saturated carbocycles. The standard InChI is InChI=1S/C12H10F2N2/c13-10-1-2-11(14)9(7-10)5-8-3-4-16-12(15)6-8/h1-4,6-7H,5H2,(H2,15,16). The lowest BCUT2D eigenvalue weighted by Crippen LogP contribution is -1.96. The fraction of sp³-hybridized carbons (Fsp3) is 0.0833. The van der Waals surface area contributed by atoms with Crippen LogP contribution in [0.5, 0.6) is 0 Å². The maximum Gasteiger partial charge on any atom is 0.126 e. The molecule has 1 aromatic heterocycles. The smallest absolute Gasteiger partial charge is 0.126 e. The van der Waals surface area contributed by atoms with Gasteiger partial charge in [0, 0.05) is 12.6 Å². The van der Waals surface area contributed by atoms with Crippen LogP contribution in [0.2, 0.25) is 0 Å². The highest BCUT2D eigenvalue weighted by atomic mass is 19.1. The van der Waals surface area contributed by atoms with Crippen LogP contribution in [-0.2, 0) is 6.42 Å². The number of hydrogen-bond acceptors (Lipinski definition) is 2. The Hall–Kier alpha value is -1.97. The lowest BCUT2D eigenvalue weighted by atomic mass is 10.1. The zero-order valence-electron chi connectivity index (χ0n) is 8.45. The minimum atomic E-state index is -0.446. The summed E-state index contributed by atoms with van der Waals surface area (Å²) in [6.45, 7) is 0. The van der Waals surface area contributed by atoms with Crippen molar-refractivity contribution in [2.75, 3.05) is 5.73 Å². The van der Waals surface area contributed by atoms with Gasteiger partial charge in [0.2, 0.25) is 0 Å². The third-order valence-electron chi connectivity index (χ3n) is 2.25. The van der Waals surface area contributed by atoms with Crippen LogP contribution in [-0.4, -0.2) is 4.98 Å². The summed E-state index contributed by atoms with van der Waals surface area (Å²) < 4.78 is 26.3. The first-order chi connectivity index (χ1) is 7.65. The number of benzene rings is 1. The molecule has 0 atom stereocenters. The van der Waals surface area contributed by atoms with E-state index in [0.29, 0.717) is 17.8 Å². The molecule has 2 N–H and O–H groups in total. The first-order valence-electron chi connectivity index (χ1n) is 4.79. The molecular weight excluding hydrogens is 210 g/mol. The quantitative estimate of drug-likeness (QED) is 0.844. The highest BCUT2D eigenvalue weighted by Gasteiger charge is 2.05. The van der Waals surface area contributed by atoms with Gasteiger partial charge >= 0.3 is 0 Å². The van der Waals surface area contributed by atoms with Gasteiger partial charge in [0.1, 0.15) is 17.5 Å². The summed E-state index contributed by atoms with van der Waals surface area (Å²) in [5.74, 6) is -0.496. The van der Waals surface area contributed by atoms with Gasteiger partial charge in [-0.1, -0.05) is 0 Å². The molecular formula is C12H10F2N2. The fourth-order valence-electron chi connectivity index (χ4n) is 1.50. The van der Waals surface area contributed by atoms with E-state index < -0.39 is 11.6 Å². The first kappa shape index (κ1) is 10.5. The summed E-state index contributed by atoms with van der Waals surface area (Å²) in [7, 11) is 0. The van der Waals surface area contributed by atoms with Gasteiger partial charge in [-0.05, 0) is 41.5 Å². The van der Waals surface area contributed by atoms with Crippen molar-refractivity contribution in [1.29, 1.82) is 0 Å². The molecule has 2 aromatic rings. The van der Waals surface area contributed by atoms with E-state index in [1.807, 2.05) is 0 Å². The molecule has 0 aliphatic rings. The van der Waals surface area contributed by atoms with Crippen molar-refractivity contribution < 1.29 is 8.78 Å². The van der Waals surface area contributed by atoms with Crippen LogP contribution in [0.15, 0.2) is 36.5 Å². The molecule has 82 valence electrons. The van der Waals surface area contributed by atoms with E-state index >= 15 is 0 Å². The summed E-state index contributed by atoms with van der Waals surface area (Å²) in [4.78, 5) is 3.83. The van der Waals surface area contributed by atoms with Gasteiger partial charge in [-0.25, -0.2) is 13.8 Å². The van der Waals surface area contributed by atoms with Gasteiger partial charge in [0.05, 0.1) is 0 Å². The van der Waals surface area contributed by atoms with Crippen LogP contribution in [0.3, 0.4) is 0 Å². The summed E-state index contributed by atoms with van der Waals surface area (Å²) in [5, 5.41) is 0. The van der Waals surface area contributed by atoms with Crippen molar-refractivity contribution in [2.24, 2.45) is 0 Å². The van der Waals surface area contributed by atoms with Gasteiger partial charge in [0.25, 0.3) is 0 Å². The lowest BCUT2D eigenvalue weighted by Gasteiger charge is -2.04. The number of hydrogen-bond donors (Lipinski definition) is 1. The summed E-state index contributed by atoms with van der Waals surface area (Å²) >= 11 is 0. The van der Waals surface area contributed by atoms with E-state index in [9.17, 15) is 8.78 Å². The van der Waals surface area contributed by atoms with E-state index in [1.165, 1.54) is 6.07 Å². The van der Waals surface area contributed by atoms with Crippen LogP contribution < -0.4 is 5.73 Å². The van der Waals surface area contributed by atoms with Crippen molar-refractivity contribution in [2.45, 2.75) is 6.42 Å². The molecule has 4 heteroatoms. The summed E-state index contributed by atoms with van der Waals surface area (Å²) in [6.07, 6.45) is 1.85. The van der Waals surface area contributed by atoms with Crippen LogP contribution in [0.1, 0.15) is 11.1 Å². The molecule has 0 unspecified atom stereocenters. The van der Waals surface area contributed by atoms with E-state index in [4.69, 9.17) is 5.73 Å². The summed E-state index contributed by atoms with van der Waals surface area (Å²) in [5.41, 5.74) is 6.61. The van der Waals surface area contributed by atoms with Gasteiger partial charge in [-0.3, -0.25) is 0 Å². The topological polar surface area (TPSA) is 38.9 Å². The number of halogens is 2. The Kier molecular flexibility index (Phi) is 2.81. The predicted octanol–water partition coefficient (Wildman–Crippen LogP) is 2.53. The minimum absolute atomic E-state index is 0.302. The first-order valence-corrected chi connectivity index (χ1v) is 4.79. The molecule has 0 fully saturated rings. The van der Waals surface area contributed by atoms with Gasteiger partial charge in [-0.2, -0.15) is 0 Å². The Morgan fingerprint density at radius 1 is 1.12 bits per heavy atom. The van der Waals surface area contributed by atoms with Gasteiger partial charge in [0.15, 0.2) is 0 Å². The zero-order chi connectivity index (χ0) is 11.5. The zero-order valence-corrected chi connectivity index (χ0v) is 8.45. The molecule has 0 saturated heterocycles. The van der Waals surface area contributed by atoms with E-state index in [-0.39, 0.29) is 0 Å². The third kappa shape index (κ3) is 2.34. The number of rotatable bonds is 2. The van der Waals surface area contributed by atoms with Crippen LogP contribution in [0, 0.1) is 11.6 Å². The molecule has 1 heterocycles. The number of nitrogens with zero attached hydrogens (tertiary/aromatic N) is 1. The predicted molar refractivity (Wildman–Crippen MR) is 57.8 cm³/mol. The number of nitrogens with two attached hydrogens (primary N) is 1. The number of pyridine rings is 1. The average molecular weight is 220 g/mol. The summed E-state index contributed by atoms with van der Waals surface area (Å²) in [6, 6.07) is 6.77. The largest absolute Gasteiger partial charge is 0.384 e. The Bertz CT molecular complexity index is 512. The third-order valence-corrected chi connectivity index (χ3v) is 2.25. The molecule has 16 heavy (non-hydrogen) atoms. The minimum Gasteiger partial charge on any atom is -0.384 e. The molecule has 2 nitrogen and oxygen atoms in total. The molecule has 2 rings (SSSR count). The molecule has 0 spiro atoms. The number of anilines is 1. The highest BCUT2D eigenvalue weighted by Crippen LogP contribution is 2.15. The Labute approximate surface area is 91.7 Å². The van der Waals surface area contributed by atoms with Crippen molar-refractivity contribution in [3.05, 3.63) is 59.3 Å². The average Bonchev–Trinajstić information content (AvgIpc) is 2.24. The van der Waals surface area contributed by atoms with Crippen LogP contribution >= 0.6 is 0 Å². The maximum absolute atomic E-state index is 13.3. The van der Waals surface area contributed by atoms with Crippen molar-refractivity contribution >= 4 is 5.82 Å². The second-order valence-electron chi connectivity index (χ2n) is 3.50. The maximum atomic E-state index is 13.3. The number of nitrogen functional groups attached to an aromatic ring is 1. The van der Waals surface area contributed by atoms with E-state index in [2.05, 4.69) is 4.98 Å². The van der Waals surface area contributed by atoms with Crippen molar-refractivity contribution in [3.8, 4) is 0 Å². The molecule has 1 aromatic carbocycles. The van der Waals surface area contributed by atoms with Crippen molar-refractivity contribution in [3.63, 3.8) is 0 Å². The SMILES string of the molecule is Nc1cc(Cc2cc(F)ccc2F)ccn1. The van der Waals surface area contributed by atoms with Crippen molar-refractivity contribution in [1.82, 2.24) is 4.98 Å². The van der Waals surface area contributed by atoms with E-state index in [1.54, 1.807) is 18.3 Å². The normalized spacial score (nSPS) is 10.4. The highest BCUT2D eigenvalue weighted by molar-refractivity contribution is 5.35. The van der Waals surface area contributed by atoms with Gasteiger partial charge < -0.3 is 5.73 Å². The molecule has 0 aliphatic heterocycles. The number of aromatic nitrogens is 1. The molecule has 0 amide bonds. The molecule has 0 radical (unpaired) electrons. The monoisotopic (exact) mass is 220 g/mol. The molecule has 0 bridgehead atoms. The Morgan fingerprint density at radius 3 is 2.69 bits per heavy atom. The second-order valence-corrected chi connectivity index (χ2v) is 3.50. The van der Waals surface area contributed by atoms with E-state index in [0.717, 1.165) is 17.7 Å². The fourth-order valence-corrected chi connectivity index (χ4v) is 1.50. The second kappa shape index (κ2) is 4.26. The van der Waals surface area contributed by atoms with Crippen LogP contribution in [0.25, 0.3) is 0 Å². The Balaban J connectivity index is 2.30. The van der Waals surface area contributed by atoms with Crippen LogP contribution in [0.4, 0.5) is 14.6 Å².